The quantitative estimate of drug-likeness (QED) is 0.651. The van der Waals surface area contributed by atoms with Crippen molar-refractivity contribution in [2.75, 3.05) is 24.6 Å². The van der Waals surface area contributed by atoms with Gasteiger partial charge < -0.3 is 14.4 Å². The Bertz CT molecular complexity index is 860. The van der Waals surface area contributed by atoms with Crippen LogP contribution in [0.1, 0.15) is 16.5 Å². The summed E-state index contributed by atoms with van der Waals surface area (Å²) < 4.78 is 11.7. The lowest BCUT2D eigenvalue weighted by atomic mass is 10.2. The summed E-state index contributed by atoms with van der Waals surface area (Å²) in [5.41, 5.74) is 0.994. The van der Waals surface area contributed by atoms with Crippen LogP contribution in [0.25, 0.3) is 0 Å². The number of thiophene rings is 1. The van der Waals surface area contributed by atoms with Gasteiger partial charge in [0.25, 0.3) is 0 Å². The third-order valence-corrected chi connectivity index (χ3v) is 5.33. The van der Waals surface area contributed by atoms with Gasteiger partial charge in [0.05, 0.1) is 25.5 Å². The summed E-state index contributed by atoms with van der Waals surface area (Å²) in [5, 5.41) is 2.76. The Morgan fingerprint density at radius 1 is 1.27 bits per heavy atom. The summed E-state index contributed by atoms with van der Waals surface area (Å²) in [7, 11) is 0. The van der Waals surface area contributed by atoms with Gasteiger partial charge >= 0.3 is 0 Å². The van der Waals surface area contributed by atoms with E-state index in [0.29, 0.717) is 24.1 Å². The van der Waals surface area contributed by atoms with Crippen LogP contribution in [0, 0.1) is 0 Å². The number of ether oxygens (including phenoxy) is 2. The fourth-order valence-electron chi connectivity index (χ4n) is 2.85. The van der Waals surface area contributed by atoms with Crippen molar-refractivity contribution in [3.05, 3.63) is 69.6 Å². The van der Waals surface area contributed by atoms with E-state index in [1.54, 1.807) is 23.7 Å². The van der Waals surface area contributed by atoms with Crippen LogP contribution in [0.4, 0.5) is 5.82 Å². The van der Waals surface area contributed by atoms with Crippen LogP contribution in [0.15, 0.2) is 54.2 Å². The van der Waals surface area contributed by atoms with Crippen molar-refractivity contribution in [1.29, 1.82) is 0 Å². The molecule has 2 aromatic heterocycles. The van der Waals surface area contributed by atoms with Gasteiger partial charge in [-0.2, -0.15) is 4.98 Å². The van der Waals surface area contributed by atoms with E-state index >= 15 is 0 Å². The molecule has 1 unspecified atom stereocenters. The molecule has 0 amide bonds. The SMILES string of the molecule is Clc1cccc(COc2cncc(N3CCOC(c4cccs4)C3)n2)c1. The molecule has 1 aromatic carbocycles. The molecule has 1 aliphatic heterocycles. The average Bonchev–Trinajstić information content (AvgIpc) is 3.22. The molecule has 1 fully saturated rings. The van der Waals surface area contributed by atoms with E-state index in [1.807, 2.05) is 30.3 Å². The number of rotatable bonds is 5. The molecule has 1 saturated heterocycles. The average molecular weight is 388 g/mol. The Labute approximate surface area is 161 Å². The standard InChI is InChI=1S/C19H18ClN3O2S/c20-15-4-1-3-14(9-15)13-25-19-11-21-10-18(22-19)23-6-7-24-16(12-23)17-5-2-8-26-17/h1-5,8-11,16H,6-7,12-13H2. The van der Waals surface area contributed by atoms with Crippen molar-refractivity contribution < 1.29 is 9.47 Å². The second kappa shape index (κ2) is 8.03. The predicted molar refractivity (Wildman–Crippen MR) is 103 cm³/mol. The maximum absolute atomic E-state index is 6.01. The zero-order valence-electron chi connectivity index (χ0n) is 14.0. The molecule has 5 nitrogen and oxygen atoms in total. The lowest BCUT2D eigenvalue weighted by molar-refractivity contribution is 0.0418. The van der Waals surface area contributed by atoms with Crippen molar-refractivity contribution in [1.82, 2.24) is 9.97 Å². The van der Waals surface area contributed by atoms with Crippen LogP contribution in [-0.4, -0.2) is 29.7 Å². The number of anilines is 1. The first-order chi connectivity index (χ1) is 12.8. The van der Waals surface area contributed by atoms with Crippen molar-refractivity contribution >= 4 is 28.8 Å². The highest BCUT2D eigenvalue weighted by atomic mass is 35.5. The van der Waals surface area contributed by atoms with E-state index in [2.05, 4.69) is 26.3 Å². The minimum absolute atomic E-state index is 0.0709. The minimum atomic E-state index is 0.0709. The lowest BCUT2D eigenvalue weighted by Gasteiger charge is -2.33. The Balaban J connectivity index is 1.43. The van der Waals surface area contributed by atoms with Gasteiger partial charge in [-0.15, -0.1) is 11.3 Å². The number of aromatic nitrogens is 2. The first-order valence-electron chi connectivity index (χ1n) is 8.37. The zero-order chi connectivity index (χ0) is 17.8. The van der Waals surface area contributed by atoms with Gasteiger partial charge in [0, 0.05) is 16.4 Å². The second-order valence-corrected chi connectivity index (χ2v) is 7.37. The van der Waals surface area contributed by atoms with E-state index in [1.165, 1.54) is 4.88 Å². The number of hydrogen-bond acceptors (Lipinski definition) is 6. The predicted octanol–water partition coefficient (Wildman–Crippen LogP) is 4.35. The van der Waals surface area contributed by atoms with Crippen molar-refractivity contribution in [2.45, 2.75) is 12.7 Å². The topological polar surface area (TPSA) is 47.5 Å². The molecule has 3 aromatic rings. The number of hydrogen-bond donors (Lipinski definition) is 0. The van der Waals surface area contributed by atoms with Gasteiger partial charge in [-0.05, 0) is 29.1 Å². The first kappa shape index (κ1) is 17.3. The summed E-state index contributed by atoms with van der Waals surface area (Å²) in [6.07, 6.45) is 3.47. The van der Waals surface area contributed by atoms with E-state index in [0.717, 1.165) is 24.5 Å². The maximum atomic E-state index is 6.01. The highest BCUT2D eigenvalue weighted by Gasteiger charge is 2.24. The van der Waals surface area contributed by atoms with Crippen LogP contribution < -0.4 is 9.64 Å². The van der Waals surface area contributed by atoms with E-state index in [-0.39, 0.29) is 6.10 Å². The minimum Gasteiger partial charge on any atom is -0.472 e. The molecule has 0 saturated carbocycles. The third kappa shape index (κ3) is 4.15. The number of benzene rings is 1. The fourth-order valence-corrected chi connectivity index (χ4v) is 3.83. The van der Waals surface area contributed by atoms with Crippen molar-refractivity contribution in [2.24, 2.45) is 0 Å². The summed E-state index contributed by atoms with van der Waals surface area (Å²) in [4.78, 5) is 12.3. The molecule has 0 aliphatic carbocycles. The normalized spacial score (nSPS) is 17.3. The zero-order valence-corrected chi connectivity index (χ0v) is 15.6. The summed E-state index contributed by atoms with van der Waals surface area (Å²) in [5.74, 6) is 1.31. The fraction of sp³-hybridized carbons (Fsp3) is 0.263. The van der Waals surface area contributed by atoms with Crippen molar-refractivity contribution in [3.8, 4) is 5.88 Å². The third-order valence-electron chi connectivity index (χ3n) is 4.13. The molecule has 1 atom stereocenters. The Kier molecular flexibility index (Phi) is 5.34. The van der Waals surface area contributed by atoms with Crippen molar-refractivity contribution in [3.63, 3.8) is 0 Å². The van der Waals surface area contributed by atoms with E-state index < -0.39 is 0 Å². The Morgan fingerprint density at radius 2 is 2.23 bits per heavy atom. The van der Waals surface area contributed by atoms with Crippen LogP contribution in [-0.2, 0) is 11.3 Å². The Hall–Kier alpha value is -2.15. The molecule has 7 heteroatoms. The molecule has 0 N–H and O–H groups in total. The van der Waals surface area contributed by atoms with Gasteiger partial charge in [0.15, 0.2) is 5.82 Å². The van der Waals surface area contributed by atoms with E-state index in [4.69, 9.17) is 21.1 Å². The van der Waals surface area contributed by atoms with Crippen LogP contribution >= 0.6 is 22.9 Å². The molecular formula is C19H18ClN3O2S. The molecular weight excluding hydrogens is 370 g/mol. The first-order valence-corrected chi connectivity index (χ1v) is 9.63. The molecule has 3 heterocycles. The lowest BCUT2D eigenvalue weighted by Crippen LogP contribution is -2.38. The molecule has 4 rings (SSSR count). The highest BCUT2D eigenvalue weighted by Crippen LogP contribution is 2.28. The molecule has 0 spiro atoms. The number of morpholine rings is 1. The summed E-state index contributed by atoms with van der Waals surface area (Å²) in [6, 6.07) is 11.8. The monoisotopic (exact) mass is 387 g/mol. The molecule has 1 aliphatic rings. The van der Waals surface area contributed by atoms with Crippen LogP contribution in [0.5, 0.6) is 5.88 Å². The molecule has 134 valence electrons. The summed E-state index contributed by atoms with van der Waals surface area (Å²) in [6.45, 7) is 2.61. The molecule has 26 heavy (non-hydrogen) atoms. The van der Waals surface area contributed by atoms with Gasteiger partial charge in [0.1, 0.15) is 12.7 Å². The maximum Gasteiger partial charge on any atom is 0.234 e. The Morgan fingerprint density at radius 3 is 3.08 bits per heavy atom. The van der Waals surface area contributed by atoms with E-state index in [9.17, 15) is 0 Å². The summed E-state index contributed by atoms with van der Waals surface area (Å²) >= 11 is 7.72. The van der Waals surface area contributed by atoms with Gasteiger partial charge in [0.2, 0.25) is 5.88 Å². The van der Waals surface area contributed by atoms with Crippen LogP contribution in [0.2, 0.25) is 5.02 Å². The number of nitrogens with zero attached hydrogens (tertiary/aromatic N) is 3. The number of halogens is 1. The molecule has 0 bridgehead atoms. The van der Waals surface area contributed by atoms with Gasteiger partial charge in [-0.25, -0.2) is 0 Å². The van der Waals surface area contributed by atoms with Gasteiger partial charge in [-0.3, -0.25) is 4.98 Å². The van der Waals surface area contributed by atoms with Gasteiger partial charge in [-0.1, -0.05) is 29.8 Å². The largest absolute Gasteiger partial charge is 0.472 e. The van der Waals surface area contributed by atoms with Crippen LogP contribution in [0.3, 0.4) is 0 Å². The smallest absolute Gasteiger partial charge is 0.234 e. The second-order valence-electron chi connectivity index (χ2n) is 5.95. The highest BCUT2D eigenvalue weighted by molar-refractivity contribution is 7.10. The molecule has 0 radical (unpaired) electrons.